The maximum atomic E-state index is 2.29. The van der Waals surface area contributed by atoms with Gasteiger partial charge in [-0.15, -0.1) is 0 Å². The molecule has 0 aromatic rings. The smallest absolute Gasteiger partial charge is 0.134 e. The minimum absolute atomic E-state index is 1.15. The Kier molecular flexibility index (Phi) is 3.91. The van der Waals surface area contributed by atoms with Crippen LogP contribution in [0, 0.1) is 0 Å². The van der Waals surface area contributed by atoms with Crippen LogP contribution in [0.4, 0.5) is 0 Å². The molecule has 0 fully saturated rings. The van der Waals surface area contributed by atoms with Crippen LogP contribution in [0.5, 0.6) is 0 Å². The second-order valence-corrected chi connectivity index (χ2v) is 3.47. The molecule has 10 heavy (non-hydrogen) atoms. The zero-order valence-corrected chi connectivity index (χ0v) is 8.02. The maximum Gasteiger partial charge on any atom is 0.134 e. The topological polar surface area (TPSA) is 3.24 Å². The van der Waals surface area contributed by atoms with Gasteiger partial charge in [0.25, 0.3) is 0 Å². The Hall–Kier alpha value is -0.0800. The first-order chi connectivity index (χ1) is 4.54. The summed E-state index contributed by atoms with van der Waals surface area (Å²) in [4.78, 5) is 2.24. The molecule has 0 saturated carbocycles. The van der Waals surface area contributed by atoms with Crippen molar-refractivity contribution in [3.8, 4) is 0 Å². The molecule has 0 bridgehead atoms. The molecule has 0 aliphatic heterocycles. The van der Waals surface area contributed by atoms with Crippen molar-refractivity contribution in [2.75, 3.05) is 40.9 Å². The summed E-state index contributed by atoms with van der Waals surface area (Å²) in [6.45, 7) is 8.07. The van der Waals surface area contributed by atoms with Crippen LogP contribution in [-0.4, -0.2) is 50.3 Å². The van der Waals surface area contributed by atoms with E-state index in [1.165, 1.54) is 13.1 Å². The monoisotopic (exact) mass is 145 g/mol. The molecule has 0 saturated heterocycles. The highest BCUT2D eigenvalue weighted by atomic mass is 15.4. The third kappa shape index (κ3) is 3.18. The molecule has 0 radical (unpaired) electrons. The van der Waals surface area contributed by atoms with Gasteiger partial charge in [0.15, 0.2) is 0 Å². The number of quaternary nitrogens is 1. The molecular weight excluding hydrogens is 124 g/mol. The van der Waals surface area contributed by atoms with Crippen LogP contribution in [0.2, 0.25) is 0 Å². The first kappa shape index (κ1) is 9.92. The van der Waals surface area contributed by atoms with Gasteiger partial charge in [-0.2, -0.15) is 0 Å². The quantitative estimate of drug-likeness (QED) is 0.421. The lowest BCUT2D eigenvalue weighted by molar-refractivity contribution is -0.915. The zero-order chi connectivity index (χ0) is 8.20. The van der Waals surface area contributed by atoms with E-state index in [0.717, 1.165) is 11.2 Å². The zero-order valence-electron chi connectivity index (χ0n) is 8.02. The Morgan fingerprint density at radius 3 is 1.60 bits per heavy atom. The lowest BCUT2D eigenvalue weighted by atomic mass is 10.4. The van der Waals surface area contributed by atoms with Gasteiger partial charge < -0.3 is 4.48 Å². The van der Waals surface area contributed by atoms with Crippen LogP contribution in [-0.2, 0) is 0 Å². The van der Waals surface area contributed by atoms with Gasteiger partial charge in [0, 0.05) is 0 Å². The van der Waals surface area contributed by atoms with Crippen LogP contribution in [0.25, 0.3) is 0 Å². The van der Waals surface area contributed by atoms with Gasteiger partial charge in [-0.3, -0.25) is 4.90 Å². The van der Waals surface area contributed by atoms with E-state index in [9.17, 15) is 0 Å². The highest BCUT2D eigenvalue weighted by molar-refractivity contribution is 4.31. The molecule has 0 heterocycles. The highest BCUT2D eigenvalue weighted by Gasteiger charge is 2.16. The van der Waals surface area contributed by atoms with Crippen molar-refractivity contribution in [1.82, 2.24) is 4.90 Å². The number of hydrogen-bond donors (Lipinski definition) is 0. The predicted octanol–water partition coefficient (Wildman–Crippen LogP) is 0.992. The first-order valence-corrected chi connectivity index (χ1v) is 4.02. The fraction of sp³-hybridized carbons (Fsp3) is 1.00. The molecular formula is C8H21N2+. The summed E-state index contributed by atoms with van der Waals surface area (Å²) in [6, 6.07) is 0. The van der Waals surface area contributed by atoms with E-state index in [-0.39, 0.29) is 0 Å². The molecule has 0 N–H and O–H groups in total. The van der Waals surface area contributed by atoms with E-state index in [1.54, 1.807) is 0 Å². The fourth-order valence-corrected chi connectivity index (χ4v) is 1.11. The van der Waals surface area contributed by atoms with Crippen molar-refractivity contribution in [2.24, 2.45) is 0 Å². The van der Waals surface area contributed by atoms with E-state index in [1.807, 2.05) is 0 Å². The van der Waals surface area contributed by atoms with E-state index >= 15 is 0 Å². The van der Waals surface area contributed by atoms with Crippen LogP contribution >= 0.6 is 0 Å². The Morgan fingerprint density at radius 2 is 1.50 bits per heavy atom. The Labute approximate surface area is 65.0 Å². The standard InChI is InChI=1S/C8H21N2/c1-6-10(5,7-2)8-9(3)4/h6-8H2,1-5H3/q+1. The molecule has 0 amide bonds. The summed E-state index contributed by atoms with van der Waals surface area (Å²) in [7, 11) is 6.55. The van der Waals surface area contributed by atoms with Gasteiger partial charge in [-0.1, -0.05) is 0 Å². The molecule has 0 atom stereocenters. The molecule has 0 spiro atoms. The van der Waals surface area contributed by atoms with Crippen LogP contribution in [0.3, 0.4) is 0 Å². The van der Waals surface area contributed by atoms with Crippen molar-refractivity contribution in [1.29, 1.82) is 0 Å². The molecule has 0 rings (SSSR count). The third-order valence-corrected chi connectivity index (χ3v) is 2.15. The molecule has 2 heteroatoms. The molecule has 62 valence electrons. The molecule has 0 aliphatic rings. The molecule has 0 aromatic heterocycles. The van der Waals surface area contributed by atoms with E-state index in [0.29, 0.717) is 0 Å². The van der Waals surface area contributed by atoms with Crippen molar-refractivity contribution >= 4 is 0 Å². The number of nitrogens with zero attached hydrogens (tertiary/aromatic N) is 2. The predicted molar refractivity (Wildman–Crippen MR) is 45.8 cm³/mol. The molecule has 0 aromatic carbocycles. The average molecular weight is 145 g/mol. The summed E-state index contributed by atoms with van der Waals surface area (Å²) < 4.78 is 1.15. The van der Waals surface area contributed by atoms with Gasteiger partial charge in [-0.25, -0.2) is 0 Å². The van der Waals surface area contributed by atoms with E-state index in [2.05, 4.69) is 39.9 Å². The molecule has 2 nitrogen and oxygen atoms in total. The molecule has 0 unspecified atom stereocenters. The Balaban J connectivity index is 3.80. The summed E-state index contributed by atoms with van der Waals surface area (Å²) in [6.07, 6.45) is 0. The van der Waals surface area contributed by atoms with Crippen molar-refractivity contribution in [3.05, 3.63) is 0 Å². The second kappa shape index (κ2) is 3.94. The largest absolute Gasteiger partial charge is 0.314 e. The van der Waals surface area contributed by atoms with Crippen molar-refractivity contribution in [3.63, 3.8) is 0 Å². The third-order valence-electron chi connectivity index (χ3n) is 2.15. The lowest BCUT2D eigenvalue weighted by Crippen LogP contribution is -2.49. The number of hydrogen-bond acceptors (Lipinski definition) is 1. The maximum absolute atomic E-state index is 2.29. The van der Waals surface area contributed by atoms with Crippen molar-refractivity contribution < 1.29 is 4.48 Å². The average Bonchev–Trinajstić information content (AvgIpc) is 1.87. The van der Waals surface area contributed by atoms with Crippen LogP contribution in [0.15, 0.2) is 0 Å². The Bertz CT molecular complexity index is 85.3. The fourth-order valence-electron chi connectivity index (χ4n) is 1.11. The summed E-state index contributed by atoms with van der Waals surface area (Å²) in [5.41, 5.74) is 0. The van der Waals surface area contributed by atoms with Crippen LogP contribution < -0.4 is 0 Å². The normalized spacial score (nSPS) is 12.6. The van der Waals surface area contributed by atoms with Gasteiger partial charge in [-0.05, 0) is 27.9 Å². The minimum atomic E-state index is 1.15. The number of rotatable bonds is 4. The van der Waals surface area contributed by atoms with Gasteiger partial charge >= 0.3 is 0 Å². The van der Waals surface area contributed by atoms with Gasteiger partial charge in [0.2, 0.25) is 0 Å². The summed E-state index contributed by atoms with van der Waals surface area (Å²) >= 11 is 0. The lowest BCUT2D eigenvalue weighted by Gasteiger charge is -2.34. The van der Waals surface area contributed by atoms with Crippen LogP contribution in [0.1, 0.15) is 13.8 Å². The first-order valence-electron chi connectivity index (χ1n) is 4.02. The van der Waals surface area contributed by atoms with Gasteiger partial charge in [0.1, 0.15) is 6.67 Å². The molecule has 0 aliphatic carbocycles. The van der Waals surface area contributed by atoms with E-state index < -0.39 is 0 Å². The van der Waals surface area contributed by atoms with Crippen molar-refractivity contribution in [2.45, 2.75) is 13.8 Å². The SMILES string of the molecule is CC[N+](C)(CC)CN(C)C. The highest BCUT2D eigenvalue weighted by Crippen LogP contribution is 2.00. The summed E-state index contributed by atoms with van der Waals surface area (Å²) in [5, 5.41) is 0. The summed E-state index contributed by atoms with van der Waals surface area (Å²) in [5.74, 6) is 0. The Morgan fingerprint density at radius 1 is 1.10 bits per heavy atom. The van der Waals surface area contributed by atoms with Gasteiger partial charge in [0.05, 0.1) is 20.1 Å². The minimum Gasteiger partial charge on any atom is -0.314 e. The second-order valence-electron chi connectivity index (χ2n) is 3.47. The van der Waals surface area contributed by atoms with E-state index in [4.69, 9.17) is 0 Å².